The number of hydrogen-bond acceptors (Lipinski definition) is 4. The third-order valence-corrected chi connectivity index (χ3v) is 4.37. The summed E-state index contributed by atoms with van der Waals surface area (Å²) in [6, 6.07) is 10.3. The molecular weight excluding hydrogens is 455 g/mol. The second-order valence-corrected chi connectivity index (χ2v) is 6.47. The van der Waals surface area contributed by atoms with Gasteiger partial charge in [-0.05, 0) is 18.5 Å². The number of halogens is 1. The molecule has 0 atom stereocenters. The molecule has 7 nitrogen and oxygen atoms in total. The molecule has 1 aromatic carbocycles. The summed E-state index contributed by atoms with van der Waals surface area (Å²) in [7, 11) is 0. The lowest BCUT2D eigenvalue weighted by Gasteiger charge is -2.26. The quantitative estimate of drug-likeness (QED) is 0.258. The number of aliphatic imine (C=N–C) groups is 1. The van der Waals surface area contributed by atoms with E-state index < -0.39 is 0 Å². The van der Waals surface area contributed by atoms with Crippen molar-refractivity contribution in [3.63, 3.8) is 0 Å². The highest BCUT2D eigenvalue weighted by Crippen LogP contribution is 2.05. The van der Waals surface area contributed by atoms with Gasteiger partial charge < -0.3 is 15.8 Å². The highest BCUT2D eigenvalue weighted by Gasteiger charge is 2.09. The summed E-state index contributed by atoms with van der Waals surface area (Å²) < 4.78 is 7.27. The Kier molecular flexibility index (Phi) is 9.57. The molecule has 1 fully saturated rings. The average molecular weight is 484 g/mol. The summed E-state index contributed by atoms with van der Waals surface area (Å²) in [5.41, 5.74) is 8.23. The first-order valence-electron chi connectivity index (χ1n) is 9.19. The van der Waals surface area contributed by atoms with E-state index in [2.05, 4.69) is 32.4 Å². The zero-order valence-electron chi connectivity index (χ0n) is 15.6. The van der Waals surface area contributed by atoms with Crippen molar-refractivity contribution in [2.45, 2.75) is 19.5 Å². The van der Waals surface area contributed by atoms with E-state index in [9.17, 15) is 0 Å². The summed E-state index contributed by atoms with van der Waals surface area (Å²) in [6.45, 7) is 6.93. The Morgan fingerprint density at radius 3 is 2.74 bits per heavy atom. The minimum atomic E-state index is 0. The van der Waals surface area contributed by atoms with Crippen LogP contribution in [-0.4, -0.2) is 60.0 Å². The highest BCUT2D eigenvalue weighted by atomic mass is 127. The van der Waals surface area contributed by atoms with Crippen LogP contribution in [0.15, 0.2) is 47.7 Å². The third-order valence-electron chi connectivity index (χ3n) is 4.37. The van der Waals surface area contributed by atoms with Crippen molar-refractivity contribution < 1.29 is 4.74 Å². The van der Waals surface area contributed by atoms with E-state index >= 15 is 0 Å². The molecule has 0 saturated carbocycles. The monoisotopic (exact) mass is 484 g/mol. The van der Waals surface area contributed by atoms with Gasteiger partial charge in [0.1, 0.15) is 0 Å². The van der Waals surface area contributed by atoms with Gasteiger partial charge in [-0.3, -0.25) is 9.58 Å². The summed E-state index contributed by atoms with van der Waals surface area (Å²) in [6.07, 6.45) is 4.91. The first-order valence-corrected chi connectivity index (χ1v) is 9.19. The Hall–Kier alpha value is -1.65. The molecule has 8 heteroatoms. The zero-order valence-corrected chi connectivity index (χ0v) is 17.9. The Balaban J connectivity index is 0.00000261. The van der Waals surface area contributed by atoms with Gasteiger partial charge >= 0.3 is 0 Å². The lowest BCUT2D eigenvalue weighted by molar-refractivity contribution is 0.0376. The first kappa shape index (κ1) is 21.6. The highest BCUT2D eigenvalue weighted by molar-refractivity contribution is 14.0. The normalized spacial score (nSPS) is 15.3. The summed E-state index contributed by atoms with van der Waals surface area (Å²) >= 11 is 0. The molecule has 0 spiro atoms. The van der Waals surface area contributed by atoms with Crippen molar-refractivity contribution in [2.24, 2.45) is 10.7 Å². The molecule has 27 heavy (non-hydrogen) atoms. The van der Waals surface area contributed by atoms with Crippen LogP contribution in [0.2, 0.25) is 0 Å². The van der Waals surface area contributed by atoms with Gasteiger partial charge in [0.05, 0.1) is 32.5 Å². The van der Waals surface area contributed by atoms with Gasteiger partial charge in [-0.25, -0.2) is 4.99 Å². The maximum atomic E-state index is 5.95. The molecule has 0 bridgehead atoms. The van der Waals surface area contributed by atoms with Crippen LogP contribution in [-0.2, 0) is 17.8 Å². The van der Waals surface area contributed by atoms with Crippen LogP contribution in [0.4, 0.5) is 0 Å². The summed E-state index contributed by atoms with van der Waals surface area (Å²) in [4.78, 5) is 6.81. The van der Waals surface area contributed by atoms with Gasteiger partial charge in [-0.15, -0.1) is 24.0 Å². The Bertz CT molecular complexity index is 685. The Morgan fingerprint density at radius 2 is 1.96 bits per heavy atom. The molecule has 1 aromatic heterocycles. The van der Waals surface area contributed by atoms with Gasteiger partial charge in [0.15, 0.2) is 5.96 Å². The van der Waals surface area contributed by atoms with Gasteiger partial charge in [-0.1, -0.05) is 30.3 Å². The maximum Gasteiger partial charge on any atom is 0.188 e. The van der Waals surface area contributed by atoms with Crippen molar-refractivity contribution >= 4 is 29.9 Å². The molecule has 0 radical (unpaired) electrons. The van der Waals surface area contributed by atoms with Gasteiger partial charge in [0.25, 0.3) is 0 Å². The van der Waals surface area contributed by atoms with Crippen molar-refractivity contribution in [1.29, 1.82) is 0 Å². The van der Waals surface area contributed by atoms with Gasteiger partial charge in [-0.2, -0.15) is 5.10 Å². The minimum Gasteiger partial charge on any atom is -0.379 e. The number of guanidine groups is 1. The predicted octanol–water partition coefficient (Wildman–Crippen LogP) is 1.68. The minimum absolute atomic E-state index is 0. The molecule has 1 aliphatic rings. The molecule has 1 saturated heterocycles. The number of aromatic nitrogens is 2. The molecule has 2 heterocycles. The predicted molar refractivity (Wildman–Crippen MR) is 118 cm³/mol. The van der Waals surface area contributed by atoms with Crippen LogP contribution in [0.5, 0.6) is 0 Å². The number of nitrogens with two attached hydrogens (primary N) is 1. The van der Waals surface area contributed by atoms with Crippen LogP contribution in [0.25, 0.3) is 0 Å². The average Bonchev–Trinajstić information content (AvgIpc) is 3.12. The van der Waals surface area contributed by atoms with E-state index in [0.717, 1.165) is 57.9 Å². The molecule has 3 N–H and O–H groups in total. The van der Waals surface area contributed by atoms with E-state index in [4.69, 9.17) is 10.5 Å². The number of hydrogen-bond donors (Lipinski definition) is 2. The van der Waals surface area contributed by atoms with E-state index in [1.54, 1.807) is 0 Å². The summed E-state index contributed by atoms with van der Waals surface area (Å²) in [5, 5.41) is 7.57. The fourth-order valence-electron chi connectivity index (χ4n) is 2.92. The number of benzene rings is 1. The lowest BCUT2D eigenvalue weighted by atomic mass is 10.2. The Labute approximate surface area is 178 Å². The smallest absolute Gasteiger partial charge is 0.188 e. The van der Waals surface area contributed by atoms with Crippen molar-refractivity contribution in [1.82, 2.24) is 20.0 Å². The standard InChI is InChI=1S/C19H28N6O.HI/c20-19(21-7-4-8-24-9-11-26-12-10-24)22-13-18-14-23-25(16-18)15-17-5-2-1-3-6-17;/h1-3,5-6,14,16H,4,7-13,15H2,(H3,20,21,22);1H. The SMILES string of the molecule is I.NC(=NCc1cnn(Cc2ccccc2)c1)NCCCN1CCOCC1. The van der Waals surface area contributed by atoms with E-state index in [0.29, 0.717) is 12.5 Å². The molecule has 0 unspecified atom stereocenters. The summed E-state index contributed by atoms with van der Waals surface area (Å²) in [5.74, 6) is 0.489. The second-order valence-electron chi connectivity index (χ2n) is 6.47. The third kappa shape index (κ3) is 7.86. The molecular formula is C19H29IN6O. The molecule has 0 amide bonds. The van der Waals surface area contributed by atoms with E-state index in [1.807, 2.05) is 35.3 Å². The number of morpholine rings is 1. The molecule has 1 aliphatic heterocycles. The number of rotatable bonds is 8. The molecule has 148 valence electrons. The molecule has 3 rings (SSSR count). The van der Waals surface area contributed by atoms with Crippen LogP contribution in [0, 0.1) is 0 Å². The van der Waals surface area contributed by atoms with Gasteiger partial charge in [0, 0.05) is 31.4 Å². The fraction of sp³-hybridized carbons (Fsp3) is 0.474. The topological polar surface area (TPSA) is 80.7 Å². The maximum absolute atomic E-state index is 5.95. The van der Waals surface area contributed by atoms with Crippen molar-refractivity contribution in [2.75, 3.05) is 39.4 Å². The Morgan fingerprint density at radius 1 is 1.19 bits per heavy atom. The van der Waals surface area contributed by atoms with E-state index in [1.165, 1.54) is 5.56 Å². The van der Waals surface area contributed by atoms with Gasteiger partial charge in [0.2, 0.25) is 0 Å². The lowest BCUT2D eigenvalue weighted by Crippen LogP contribution is -2.39. The van der Waals surface area contributed by atoms with Crippen LogP contribution >= 0.6 is 24.0 Å². The van der Waals surface area contributed by atoms with Crippen LogP contribution in [0.3, 0.4) is 0 Å². The number of nitrogens with zero attached hydrogens (tertiary/aromatic N) is 4. The zero-order chi connectivity index (χ0) is 18.0. The molecule has 0 aliphatic carbocycles. The largest absolute Gasteiger partial charge is 0.379 e. The molecule has 2 aromatic rings. The fourth-order valence-corrected chi connectivity index (χ4v) is 2.92. The van der Waals surface area contributed by atoms with Crippen LogP contribution < -0.4 is 11.1 Å². The van der Waals surface area contributed by atoms with E-state index in [-0.39, 0.29) is 24.0 Å². The van der Waals surface area contributed by atoms with Crippen LogP contribution in [0.1, 0.15) is 17.5 Å². The first-order chi connectivity index (χ1) is 12.8. The van der Waals surface area contributed by atoms with Crippen molar-refractivity contribution in [3.8, 4) is 0 Å². The second kappa shape index (κ2) is 11.9. The van der Waals surface area contributed by atoms with Crippen molar-refractivity contribution in [3.05, 3.63) is 53.9 Å². The number of ether oxygens (including phenoxy) is 1. The number of nitrogens with one attached hydrogen (secondary N) is 1.